The summed E-state index contributed by atoms with van der Waals surface area (Å²) in [5.41, 5.74) is 2.47. The van der Waals surface area contributed by atoms with Gasteiger partial charge in [0.1, 0.15) is 0 Å². The van der Waals surface area contributed by atoms with Crippen LogP contribution in [-0.2, 0) is 14.8 Å². The van der Waals surface area contributed by atoms with E-state index in [1.54, 1.807) is 0 Å². The monoisotopic (exact) mass is 310 g/mol. The molecule has 0 bridgehead atoms. The van der Waals surface area contributed by atoms with Gasteiger partial charge in [-0.05, 0) is 30.9 Å². The lowest BCUT2D eigenvalue weighted by molar-refractivity contribution is 0.0981. The molecular formula is C15H22N2O3S. The summed E-state index contributed by atoms with van der Waals surface area (Å²) in [6.45, 7) is 2.48. The normalized spacial score (nSPS) is 22.8. The van der Waals surface area contributed by atoms with Crippen LogP contribution in [0.1, 0.15) is 30.7 Å². The highest BCUT2D eigenvalue weighted by Gasteiger charge is 2.28. The molecule has 0 saturated carbocycles. The zero-order chi connectivity index (χ0) is 14.7. The fourth-order valence-electron chi connectivity index (χ4n) is 3.09. The summed E-state index contributed by atoms with van der Waals surface area (Å²) >= 11 is 0. The van der Waals surface area contributed by atoms with E-state index in [1.165, 1.54) is 11.3 Å². The predicted molar refractivity (Wildman–Crippen MR) is 83.1 cm³/mol. The van der Waals surface area contributed by atoms with Gasteiger partial charge >= 0.3 is 0 Å². The lowest BCUT2D eigenvalue weighted by atomic mass is 9.98. The summed E-state index contributed by atoms with van der Waals surface area (Å²) in [5, 5.41) is 3.08. The third-order valence-electron chi connectivity index (χ3n) is 4.34. The molecule has 6 heteroatoms. The molecular weight excluding hydrogens is 288 g/mol. The van der Waals surface area contributed by atoms with Crippen LogP contribution in [0.15, 0.2) is 24.3 Å². The minimum Gasteiger partial charge on any atom is -0.384 e. The summed E-state index contributed by atoms with van der Waals surface area (Å²) in [6.07, 6.45) is 2.03. The number of rotatable bonds is 5. The third-order valence-corrected chi connectivity index (χ3v) is 6.30. The van der Waals surface area contributed by atoms with Crippen LogP contribution in [0.4, 0.5) is 5.69 Å². The van der Waals surface area contributed by atoms with E-state index < -0.39 is 10.0 Å². The van der Waals surface area contributed by atoms with Gasteiger partial charge in [-0.1, -0.05) is 18.2 Å². The van der Waals surface area contributed by atoms with Gasteiger partial charge in [0.05, 0.1) is 5.25 Å². The lowest BCUT2D eigenvalue weighted by Gasteiger charge is -2.22. The predicted octanol–water partition coefficient (Wildman–Crippen LogP) is 1.68. The molecule has 1 unspecified atom stereocenters. The standard InChI is InChI=1S/C15H22N2O3S/c18-21(19,13-6-9-20-10-7-13)17-8-5-12-11-16-15-4-2-1-3-14(12)15/h1-4,12-13,16-17H,5-11H2. The van der Waals surface area contributed by atoms with Gasteiger partial charge in [-0.2, -0.15) is 0 Å². The van der Waals surface area contributed by atoms with Crippen molar-refractivity contribution in [2.45, 2.75) is 30.4 Å². The number of sulfonamides is 1. The van der Waals surface area contributed by atoms with Gasteiger partial charge in [0.15, 0.2) is 0 Å². The molecule has 0 aromatic heterocycles. The molecule has 21 heavy (non-hydrogen) atoms. The van der Waals surface area contributed by atoms with Gasteiger partial charge in [0, 0.05) is 37.9 Å². The highest BCUT2D eigenvalue weighted by atomic mass is 32.2. The number of para-hydroxylation sites is 1. The van der Waals surface area contributed by atoms with Gasteiger partial charge in [0.2, 0.25) is 10.0 Å². The van der Waals surface area contributed by atoms with Gasteiger partial charge in [-0.15, -0.1) is 0 Å². The maximum Gasteiger partial charge on any atom is 0.214 e. The zero-order valence-corrected chi connectivity index (χ0v) is 12.9. The fraction of sp³-hybridized carbons (Fsp3) is 0.600. The van der Waals surface area contributed by atoms with E-state index in [4.69, 9.17) is 4.74 Å². The Balaban J connectivity index is 1.52. The number of benzene rings is 1. The minimum atomic E-state index is -3.20. The molecule has 1 aromatic carbocycles. The Kier molecular flexibility index (Phi) is 4.47. The molecule has 0 radical (unpaired) electrons. The van der Waals surface area contributed by atoms with Crippen LogP contribution in [-0.4, -0.2) is 40.0 Å². The maximum atomic E-state index is 12.2. The first-order valence-electron chi connectivity index (χ1n) is 7.56. The molecule has 5 nitrogen and oxygen atoms in total. The Hall–Kier alpha value is -1.11. The molecule has 1 atom stereocenters. The van der Waals surface area contributed by atoms with E-state index in [1.807, 2.05) is 12.1 Å². The van der Waals surface area contributed by atoms with Gasteiger partial charge in [0.25, 0.3) is 0 Å². The molecule has 1 saturated heterocycles. The first-order valence-corrected chi connectivity index (χ1v) is 9.10. The highest BCUT2D eigenvalue weighted by Crippen LogP contribution is 2.32. The Bertz CT molecular complexity index is 582. The van der Waals surface area contributed by atoms with Crippen molar-refractivity contribution < 1.29 is 13.2 Å². The van der Waals surface area contributed by atoms with Crippen molar-refractivity contribution in [2.24, 2.45) is 0 Å². The molecule has 2 aliphatic rings. The van der Waals surface area contributed by atoms with Gasteiger partial charge < -0.3 is 10.1 Å². The number of hydrogen-bond donors (Lipinski definition) is 2. The quantitative estimate of drug-likeness (QED) is 0.868. The molecule has 2 N–H and O–H groups in total. The molecule has 2 aliphatic heterocycles. The van der Waals surface area contributed by atoms with E-state index in [0.29, 0.717) is 38.5 Å². The second-order valence-electron chi connectivity index (χ2n) is 5.70. The molecule has 0 aliphatic carbocycles. The summed E-state index contributed by atoms with van der Waals surface area (Å²) < 4.78 is 32.4. The molecule has 1 fully saturated rings. The van der Waals surface area contributed by atoms with E-state index in [9.17, 15) is 8.42 Å². The molecule has 0 spiro atoms. The Labute approximate surface area is 126 Å². The second-order valence-corrected chi connectivity index (χ2v) is 7.75. The summed E-state index contributed by atoms with van der Waals surface area (Å²) in [5.74, 6) is 0.388. The van der Waals surface area contributed by atoms with Crippen LogP contribution < -0.4 is 10.0 Å². The smallest absolute Gasteiger partial charge is 0.214 e. The maximum absolute atomic E-state index is 12.2. The number of ether oxygens (including phenoxy) is 1. The minimum absolute atomic E-state index is 0.291. The van der Waals surface area contributed by atoms with E-state index in [0.717, 1.165) is 13.0 Å². The average molecular weight is 310 g/mol. The van der Waals surface area contributed by atoms with Crippen molar-refractivity contribution in [3.8, 4) is 0 Å². The van der Waals surface area contributed by atoms with Crippen molar-refractivity contribution in [1.29, 1.82) is 0 Å². The van der Waals surface area contributed by atoms with E-state index >= 15 is 0 Å². The van der Waals surface area contributed by atoms with Crippen molar-refractivity contribution in [1.82, 2.24) is 4.72 Å². The number of hydrogen-bond acceptors (Lipinski definition) is 4. The lowest BCUT2D eigenvalue weighted by Crippen LogP contribution is -2.38. The number of anilines is 1. The average Bonchev–Trinajstić information content (AvgIpc) is 2.92. The molecule has 1 aromatic rings. The van der Waals surface area contributed by atoms with Crippen molar-refractivity contribution in [2.75, 3.05) is 31.6 Å². The highest BCUT2D eigenvalue weighted by molar-refractivity contribution is 7.90. The SMILES string of the molecule is O=S(=O)(NCCC1CNc2ccccc21)C1CCOCC1. The zero-order valence-electron chi connectivity index (χ0n) is 12.0. The number of fused-ring (bicyclic) bond motifs is 1. The largest absolute Gasteiger partial charge is 0.384 e. The van der Waals surface area contributed by atoms with Gasteiger partial charge in [-0.25, -0.2) is 13.1 Å². The Morgan fingerprint density at radius 1 is 1.24 bits per heavy atom. The number of nitrogens with one attached hydrogen (secondary N) is 2. The van der Waals surface area contributed by atoms with Crippen LogP contribution in [0, 0.1) is 0 Å². The molecule has 2 heterocycles. The topological polar surface area (TPSA) is 67.4 Å². The fourth-order valence-corrected chi connectivity index (χ4v) is 4.55. The van der Waals surface area contributed by atoms with E-state index in [-0.39, 0.29) is 5.25 Å². The van der Waals surface area contributed by atoms with Crippen LogP contribution in [0.3, 0.4) is 0 Å². The Morgan fingerprint density at radius 2 is 2.00 bits per heavy atom. The van der Waals surface area contributed by atoms with Crippen LogP contribution in [0.5, 0.6) is 0 Å². The third kappa shape index (κ3) is 3.39. The molecule has 3 rings (SSSR count). The van der Waals surface area contributed by atoms with Crippen molar-refractivity contribution in [3.05, 3.63) is 29.8 Å². The van der Waals surface area contributed by atoms with Crippen molar-refractivity contribution in [3.63, 3.8) is 0 Å². The summed E-state index contributed by atoms with van der Waals surface area (Å²) in [4.78, 5) is 0. The first-order chi connectivity index (χ1) is 10.2. The van der Waals surface area contributed by atoms with Crippen molar-refractivity contribution >= 4 is 15.7 Å². The first kappa shape index (κ1) is 14.8. The Morgan fingerprint density at radius 3 is 2.81 bits per heavy atom. The van der Waals surface area contributed by atoms with Gasteiger partial charge in [-0.3, -0.25) is 0 Å². The van der Waals surface area contributed by atoms with E-state index in [2.05, 4.69) is 22.2 Å². The molecule has 0 amide bonds. The van der Waals surface area contributed by atoms with Crippen LogP contribution in [0.25, 0.3) is 0 Å². The summed E-state index contributed by atoms with van der Waals surface area (Å²) in [7, 11) is -3.20. The van der Waals surface area contributed by atoms with Crippen LogP contribution >= 0.6 is 0 Å². The second kappa shape index (κ2) is 6.34. The summed E-state index contributed by atoms with van der Waals surface area (Å²) in [6, 6.07) is 8.24. The van der Waals surface area contributed by atoms with Crippen LogP contribution in [0.2, 0.25) is 0 Å². The molecule has 116 valence electrons.